The minimum atomic E-state index is -0.655. The third-order valence-corrected chi connectivity index (χ3v) is 2.74. The molecule has 17 heavy (non-hydrogen) atoms. The molecule has 7 nitrogen and oxygen atoms in total. The average molecular weight is 239 g/mol. The summed E-state index contributed by atoms with van der Waals surface area (Å²) in [4.78, 5) is 23.5. The van der Waals surface area contributed by atoms with Crippen LogP contribution in [0.2, 0.25) is 0 Å². The van der Waals surface area contributed by atoms with E-state index in [1.54, 1.807) is 4.90 Å². The van der Waals surface area contributed by atoms with Crippen molar-refractivity contribution in [2.75, 3.05) is 19.6 Å². The summed E-state index contributed by atoms with van der Waals surface area (Å²) in [5, 5.41) is 13.6. The molecular formula is C10H13N3O4. The van der Waals surface area contributed by atoms with Gasteiger partial charge in [0, 0.05) is 25.7 Å². The van der Waals surface area contributed by atoms with Crippen LogP contribution in [0.5, 0.6) is 0 Å². The van der Waals surface area contributed by atoms with Crippen molar-refractivity contribution in [3.05, 3.63) is 28.0 Å². The predicted molar refractivity (Wildman–Crippen MR) is 58.7 cm³/mol. The molecule has 1 fully saturated rings. The Morgan fingerprint density at radius 3 is 3.00 bits per heavy atom. The van der Waals surface area contributed by atoms with Gasteiger partial charge in [-0.05, 0) is 13.0 Å². The van der Waals surface area contributed by atoms with Gasteiger partial charge in [-0.15, -0.1) is 0 Å². The fourth-order valence-electron chi connectivity index (χ4n) is 1.83. The Balaban J connectivity index is 2.15. The van der Waals surface area contributed by atoms with Gasteiger partial charge in [0.1, 0.15) is 4.92 Å². The molecule has 0 aliphatic carbocycles. The fraction of sp³-hybridized carbons (Fsp3) is 0.500. The van der Waals surface area contributed by atoms with Crippen molar-refractivity contribution >= 4 is 11.8 Å². The van der Waals surface area contributed by atoms with Crippen LogP contribution in [0.4, 0.5) is 5.88 Å². The topological polar surface area (TPSA) is 88.6 Å². The highest BCUT2D eigenvalue weighted by molar-refractivity contribution is 5.92. The molecule has 1 aliphatic rings. The first-order chi connectivity index (χ1) is 8.09. The lowest BCUT2D eigenvalue weighted by Gasteiger charge is -2.33. The van der Waals surface area contributed by atoms with Crippen LogP contribution in [0.15, 0.2) is 16.5 Å². The van der Waals surface area contributed by atoms with Crippen LogP contribution >= 0.6 is 0 Å². The number of carbonyl (C=O) groups is 1. The molecule has 7 heteroatoms. The van der Waals surface area contributed by atoms with E-state index in [9.17, 15) is 14.9 Å². The molecule has 0 radical (unpaired) electrons. The molecule has 1 aliphatic heterocycles. The number of amides is 1. The zero-order chi connectivity index (χ0) is 12.4. The van der Waals surface area contributed by atoms with Crippen LogP contribution in [0.1, 0.15) is 17.5 Å². The third kappa shape index (κ3) is 2.28. The van der Waals surface area contributed by atoms with E-state index < -0.39 is 10.8 Å². The number of carbonyl (C=O) groups excluding carboxylic acids is 1. The summed E-state index contributed by atoms with van der Waals surface area (Å²) in [6, 6.07) is 2.59. The van der Waals surface area contributed by atoms with Gasteiger partial charge in [-0.3, -0.25) is 14.9 Å². The number of nitrogens with zero attached hydrogens (tertiary/aromatic N) is 2. The molecule has 1 atom stereocenters. The number of rotatable bonds is 2. The zero-order valence-electron chi connectivity index (χ0n) is 9.38. The Morgan fingerprint density at radius 1 is 1.65 bits per heavy atom. The number of nitrogens with one attached hydrogen (secondary N) is 1. The summed E-state index contributed by atoms with van der Waals surface area (Å²) < 4.78 is 4.90. The van der Waals surface area contributed by atoms with Crippen LogP contribution in [-0.4, -0.2) is 41.4 Å². The number of piperazine rings is 1. The molecule has 2 heterocycles. The van der Waals surface area contributed by atoms with E-state index in [0.29, 0.717) is 13.1 Å². The summed E-state index contributed by atoms with van der Waals surface area (Å²) in [5.41, 5.74) is 0. The molecule has 1 aromatic heterocycles. The van der Waals surface area contributed by atoms with Gasteiger partial charge in [0.15, 0.2) is 5.76 Å². The van der Waals surface area contributed by atoms with Crippen molar-refractivity contribution in [2.45, 2.75) is 13.0 Å². The van der Waals surface area contributed by atoms with Gasteiger partial charge in [-0.2, -0.15) is 0 Å². The van der Waals surface area contributed by atoms with Crippen molar-refractivity contribution in [3.63, 3.8) is 0 Å². The second kappa shape index (κ2) is 4.54. The van der Waals surface area contributed by atoms with Crippen molar-refractivity contribution in [3.8, 4) is 0 Å². The van der Waals surface area contributed by atoms with Crippen LogP contribution in [0.25, 0.3) is 0 Å². The smallest absolute Gasteiger partial charge is 0.395 e. The monoisotopic (exact) mass is 239 g/mol. The van der Waals surface area contributed by atoms with Gasteiger partial charge in [-0.25, -0.2) is 0 Å². The molecule has 1 saturated heterocycles. The maximum absolute atomic E-state index is 12.0. The van der Waals surface area contributed by atoms with E-state index in [4.69, 9.17) is 4.42 Å². The molecule has 1 N–H and O–H groups in total. The fourth-order valence-corrected chi connectivity index (χ4v) is 1.83. The first-order valence-electron chi connectivity index (χ1n) is 5.35. The number of hydrogen-bond acceptors (Lipinski definition) is 5. The standard InChI is InChI=1S/C10H13N3O4/c1-7-6-11-4-5-12(7)10(14)8-2-3-9(17-8)13(15)16/h2-3,7,11H,4-6H2,1H3/t7-/m0/s1. The van der Waals surface area contributed by atoms with Crippen molar-refractivity contribution < 1.29 is 14.1 Å². The summed E-state index contributed by atoms with van der Waals surface area (Å²) >= 11 is 0. The SMILES string of the molecule is C[C@H]1CNCCN1C(=O)c1ccc([N+](=O)[O-])o1. The Hall–Kier alpha value is -1.89. The van der Waals surface area contributed by atoms with Gasteiger partial charge < -0.3 is 14.6 Å². The minimum absolute atomic E-state index is 0.0189. The molecule has 0 bridgehead atoms. The van der Waals surface area contributed by atoms with Crippen LogP contribution in [0.3, 0.4) is 0 Å². The van der Waals surface area contributed by atoms with Crippen molar-refractivity contribution in [1.29, 1.82) is 0 Å². The van der Waals surface area contributed by atoms with Crippen LogP contribution in [-0.2, 0) is 0 Å². The van der Waals surface area contributed by atoms with E-state index in [1.165, 1.54) is 12.1 Å². The average Bonchev–Trinajstić information content (AvgIpc) is 2.78. The minimum Gasteiger partial charge on any atom is -0.395 e. The largest absolute Gasteiger partial charge is 0.433 e. The predicted octanol–water partition coefficient (Wildman–Crippen LogP) is 0.622. The number of nitro groups is 1. The van der Waals surface area contributed by atoms with Crippen molar-refractivity contribution in [1.82, 2.24) is 10.2 Å². The highest BCUT2D eigenvalue weighted by Gasteiger charge is 2.27. The van der Waals surface area contributed by atoms with E-state index in [2.05, 4.69) is 5.32 Å². The molecular weight excluding hydrogens is 226 g/mol. The Morgan fingerprint density at radius 2 is 2.41 bits per heavy atom. The van der Waals surface area contributed by atoms with Gasteiger partial charge in [0.05, 0.1) is 6.07 Å². The third-order valence-electron chi connectivity index (χ3n) is 2.74. The summed E-state index contributed by atoms with van der Waals surface area (Å²) in [5.74, 6) is -0.686. The quantitative estimate of drug-likeness (QED) is 0.603. The van der Waals surface area contributed by atoms with Crippen molar-refractivity contribution in [2.24, 2.45) is 0 Å². The zero-order valence-corrected chi connectivity index (χ0v) is 9.38. The Kier molecular flexibility index (Phi) is 3.10. The van der Waals surface area contributed by atoms with Gasteiger partial charge in [0.25, 0.3) is 5.91 Å². The first kappa shape index (κ1) is 11.6. The van der Waals surface area contributed by atoms with Gasteiger partial charge >= 0.3 is 5.88 Å². The van der Waals surface area contributed by atoms with Crippen LogP contribution < -0.4 is 5.32 Å². The van der Waals surface area contributed by atoms with E-state index in [-0.39, 0.29) is 17.7 Å². The highest BCUT2D eigenvalue weighted by atomic mass is 16.6. The Bertz CT molecular complexity index is 443. The summed E-state index contributed by atoms with van der Waals surface area (Å²) in [6.45, 7) is 3.93. The maximum atomic E-state index is 12.0. The maximum Gasteiger partial charge on any atom is 0.433 e. The van der Waals surface area contributed by atoms with Gasteiger partial charge in [-0.1, -0.05) is 0 Å². The number of furan rings is 1. The lowest BCUT2D eigenvalue weighted by Crippen LogP contribution is -2.52. The molecule has 92 valence electrons. The van der Waals surface area contributed by atoms with E-state index in [1.807, 2.05) is 6.92 Å². The number of hydrogen-bond donors (Lipinski definition) is 1. The molecule has 1 amide bonds. The lowest BCUT2D eigenvalue weighted by molar-refractivity contribution is -0.402. The van der Waals surface area contributed by atoms with Crippen LogP contribution in [0, 0.1) is 10.1 Å². The molecule has 0 aromatic carbocycles. The summed E-state index contributed by atoms with van der Waals surface area (Å²) in [6.07, 6.45) is 0. The lowest BCUT2D eigenvalue weighted by atomic mass is 10.2. The second-order valence-electron chi connectivity index (χ2n) is 3.95. The molecule has 0 saturated carbocycles. The second-order valence-corrected chi connectivity index (χ2v) is 3.95. The van der Waals surface area contributed by atoms with E-state index >= 15 is 0 Å². The highest BCUT2D eigenvalue weighted by Crippen LogP contribution is 2.18. The first-order valence-corrected chi connectivity index (χ1v) is 5.35. The van der Waals surface area contributed by atoms with Gasteiger partial charge in [0.2, 0.25) is 0 Å². The molecule has 2 rings (SSSR count). The molecule has 1 aromatic rings. The molecule has 0 spiro atoms. The normalized spacial score (nSPS) is 20.3. The molecule has 0 unspecified atom stereocenters. The van der Waals surface area contributed by atoms with E-state index in [0.717, 1.165) is 6.54 Å². The Labute approximate surface area is 97.5 Å². The summed E-state index contributed by atoms with van der Waals surface area (Å²) in [7, 11) is 0.